The number of aryl methyl sites for hydroxylation is 1. The predicted octanol–water partition coefficient (Wildman–Crippen LogP) is 3.27. The smallest absolute Gasteiger partial charge is 0.341 e. The number of amides is 1. The molecule has 2 aromatic carbocycles. The second kappa shape index (κ2) is 6.55. The van der Waals surface area contributed by atoms with Gasteiger partial charge in [0.05, 0.1) is 5.41 Å². The van der Waals surface area contributed by atoms with E-state index in [0.717, 1.165) is 5.56 Å². The topological polar surface area (TPSA) is 75.6 Å². The molecule has 1 fully saturated rings. The number of aliphatic carboxylic acids is 1. The van der Waals surface area contributed by atoms with Crippen LogP contribution in [0.5, 0.6) is 5.75 Å². The number of carbonyl (C=O) groups excluding carboxylic acids is 1. The normalized spacial score (nSPS) is 14.6. The molecule has 0 saturated heterocycles. The summed E-state index contributed by atoms with van der Waals surface area (Å²) < 4.78 is 18.6. The van der Waals surface area contributed by atoms with Crippen molar-refractivity contribution in [2.75, 3.05) is 11.9 Å². The van der Waals surface area contributed by atoms with Gasteiger partial charge in [0, 0.05) is 5.69 Å². The van der Waals surface area contributed by atoms with E-state index in [-0.39, 0.29) is 11.7 Å². The Bertz CT molecular complexity index is 830. The molecule has 3 rings (SSSR count). The lowest BCUT2D eigenvalue weighted by Gasteiger charge is -2.17. The summed E-state index contributed by atoms with van der Waals surface area (Å²) in [6, 6.07) is 11.1. The first-order valence-electron chi connectivity index (χ1n) is 7.93. The zero-order valence-corrected chi connectivity index (χ0v) is 13.7. The van der Waals surface area contributed by atoms with E-state index in [1.165, 1.54) is 12.1 Å². The molecular formula is C19H18FNO4. The van der Waals surface area contributed by atoms with Gasteiger partial charge < -0.3 is 15.2 Å². The fraction of sp³-hybridized carbons (Fsp3) is 0.263. The van der Waals surface area contributed by atoms with Gasteiger partial charge in [0.2, 0.25) is 5.91 Å². The molecule has 2 aromatic rings. The van der Waals surface area contributed by atoms with Crippen LogP contribution >= 0.6 is 0 Å². The van der Waals surface area contributed by atoms with Gasteiger partial charge in [-0.15, -0.1) is 0 Å². The summed E-state index contributed by atoms with van der Waals surface area (Å²) in [5, 5.41) is 11.5. The number of carboxylic acid groups (broad SMARTS) is 1. The Morgan fingerprint density at radius 1 is 1.24 bits per heavy atom. The van der Waals surface area contributed by atoms with Crippen molar-refractivity contribution in [3.05, 3.63) is 59.4 Å². The Labute approximate surface area is 144 Å². The zero-order chi connectivity index (χ0) is 18.0. The van der Waals surface area contributed by atoms with Gasteiger partial charge in [-0.05, 0) is 61.2 Å². The number of benzene rings is 2. The third-order valence-electron chi connectivity index (χ3n) is 4.37. The molecule has 0 heterocycles. The second-order valence-electron chi connectivity index (χ2n) is 6.21. The molecule has 1 saturated carbocycles. The quantitative estimate of drug-likeness (QED) is 0.844. The molecule has 5 nitrogen and oxygen atoms in total. The van der Waals surface area contributed by atoms with Crippen molar-refractivity contribution in [2.45, 2.75) is 25.2 Å². The van der Waals surface area contributed by atoms with Gasteiger partial charge >= 0.3 is 5.97 Å². The monoisotopic (exact) mass is 343 g/mol. The van der Waals surface area contributed by atoms with Crippen molar-refractivity contribution in [3.8, 4) is 5.75 Å². The van der Waals surface area contributed by atoms with Crippen molar-refractivity contribution in [2.24, 2.45) is 0 Å². The fourth-order valence-corrected chi connectivity index (χ4v) is 2.81. The highest BCUT2D eigenvalue weighted by molar-refractivity contribution is 6.01. The number of hydrogen-bond donors (Lipinski definition) is 2. The number of carboxylic acids is 1. The molecule has 6 heteroatoms. The Morgan fingerprint density at radius 2 is 2.00 bits per heavy atom. The van der Waals surface area contributed by atoms with Crippen LogP contribution in [-0.4, -0.2) is 23.6 Å². The lowest BCUT2D eigenvalue weighted by molar-refractivity contribution is -0.139. The van der Waals surface area contributed by atoms with E-state index < -0.39 is 18.0 Å². The second-order valence-corrected chi connectivity index (χ2v) is 6.21. The number of anilines is 1. The molecule has 0 atom stereocenters. The molecular weight excluding hydrogens is 325 g/mol. The van der Waals surface area contributed by atoms with Crippen molar-refractivity contribution >= 4 is 17.6 Å². The molecule has 0 aromatic heterocycles. The molecule has 0 radical (unpaired) electrons. The molecule has 1 aliphatic rings. The number of ether oxygens (including phenoxy) is 1. The highest BCUT2D eigenvalue weighted by Crippen LogP contribution is 2.49. The summed E-state index contributed by atoms with van der Waals surface area (Å²) in [4.78, 5) is 23.3. The van der Waals surface area contributed by atoms with Crippen LogP contribution in [-0.2, 0) is 15.0 Å². The number of hydrogen-bond acceptors (Lipinski definition) is 3. The van der Waals surface area contributed by atoms with Gasteiger partial charge in [0.15, 0.2) is 6.61 Å². The van der Waals surface area contributed by atoms with E-state index in [0.29, 0.717) is 29.8 Å². The van der Waals surface area contributed by atoms with Crippen LogP contribution in [0.3, 0.4) is 0 Å². The van der Waals surface area contributed by atoms with E-state index in [1.54, 1.807) is 37.3 Å². The summed E-state index contributed by atoms with van der Waals surface area (Å²) in [5.74, 6) is -1.15. The van der Waals surface area contributed by atoms with E-state index in [2.05, 4.69) is 5.32 Å². The van der Waals surface area contributed by atoms with Gasteiger partial charge in [-0.3, -0.25) is 4.79 Å². The van der Waals surface area contributed by atoms with E-state index in [1.807, 2.05) is 0 Å². The highest BCUT2D eigenvalue weighted by Gasteiger charge is 2.51. The average Bonchev–Trinajstić information content (AvgIpc) is 3.37. The van der Waals surface area contributed by atoms with Crippen molar-refractivity contribution in [1.82, 2.24) is 0 Å². The van der Waals surface area contributed by atoms with Crippen LogP contribution in [0.1, 0.15) is 24.0 Å². The molecule has 0 bridgehead atoms. The largest absolute Gasteiger partial charge is 0.482 e. The molecule has 130 valence electrons. The lowest BCUT2D eigenvalue weighted by Crippen LogP contribution is -2.28. The third kappa shape index (κ3) is 3.63. The number of nitrogens with one attached hydrogen (secondary N) is 1. The van der Waals surface area contributed by atoms with Crippen LogP contribution < -0.4 is 10.1 Å². The van der Waals surface area contributed by atoms with E-state index >= 15 is 0 Å². The van der Waals surface area contributed by atoms with Gasteiger partial charge in [-0.25, -0.2) is 9.18 Å². The Morgan fingerprint density at radius 3 is 2.60 bits per heavy atom. The van der Waals surface area contributed by atoms with Crippen molar-refractivity contribution in [3.63, 3.8) is 0 Å². The maximum absolute atomic E-state index is 13.5. The summed E-state index contributed by atoms with van der Waals surface area (Å²) >= 11 is 0. The zero-order valence-electron chi connectivity index (χ0n) is 13.7. The van der Waals surface area contributed by atoms with Gasteiger partial charge in [0.25, 0.3) is 0 Å². The van der Waals surface area contributed by atoms with E-state index in [9.17, 15) is 14.0 Å². The van der Waals surface area contributed by atoms with Crippen LogP contribution in [0, 0.1) is 12.7 Å². The Kier molecular flexibility index (Phi) is 4.44. The van der Waals surface area contributed by atoms with Crippen LogP contribution in [0.15, 0.2) is 42.5 Å². The lowest BCUT2D eigenvalue weighted by atomic mass is 9.94. The summed E-state index contributed by atoms with van der Waals surface area (Å²) in [5.41, 5.74) is 1.39. The summed E-state index contributed by atoms with van der Waals surface area (Å²) in [6.45, 7) is 1.37. The molecule has 1 amide bonds. The summed E-state index contributed by atoms with van der Waals surface area (Å²) in [6.07, 6.45) is 1.36. The minimum absolute atomic E-state index is 0.166. The minimum atomic E-state index is -1.05. The van der Waals surface area contributed by atoms with Crippen molar-refractivity contribution < 1.29 is 23.8 Å². The SMILES string of the molecule is Cc1cc(OCC(=O)O)ccc1NC(=O)C1(c2cccc(F)c2)CC1. The Balaban J connectivity index is 1.74. The van der Waals surface area contributed by atoms with Gasteiger partial charge in [0.1, 0.15) is 11.6 Å². The number of rotatable bonds is 6. The first kappa shape index (κ1) is 17.0. The number of carbonyl (C=O) groups is 2. The van der Waals surface area contributed by atoms with Crippen LogP contribution in [0.4, 0.5) is 10.1 Å². The van der Waals surface area contributed by atoms with E-state index in [4.69, 9.17) is 9.84 Å². The summed E-state index contributed by atoms with van der Waals surface area (Å²) in [7, 11) is 0. The minimum Gasteiger partial charge on any atom is -0.482 e. The van der Waals surface area contributed by atoms with Gasteiger partial charge in [-0.1, -0.05) is 12.1 Å². The maximum atomic E-state index is 13.5. The molecule has 1 aliphatic carbocycles. The van der Waals surface area contributed by atoms with Crippen LogP contribution in [0.2, 0.25) is 0 Å². The Hall–Kier alpha value is -2.89. The fourth-order valence-electron chi connectivity index (χ4n) is 2.81. The van der Waals surface area contributed by atoms with Gasteiger partial charge in [-0.2, -0.15) is 0 Å². The average molecular weight is 343 g/mol. The molecule has 0 spiro atoms. The first-order chi connectivity index (χ1) is 11.9. The van der Waals surface area contributed by atoms with Crippen LogP contribution in [0.25, 0.3) is 0 Å². The van der Waals surface area contributed by atoms with Crippen molar-refractivity contribution in [1.29, 1.82) is 0 Å². The maximum Gasteiger partial charge on any atom is 0.341 e. The molecule has 0 aliphatic heterocycles. The highest BCUT2D eigenvalue weighted by atomic mass is 19.1. The standard InChI is InChI=1S/C19H18FNO4/c1-12-9-15(25-11-17(22)23)5-6-16(12)21-18(24)19(7-8-19)13-3-2-4-14(20)10-13/h2-6,9-10H,7-8,11H2,1H3,(H,21,24)(H,22,23). The molecule has 25 heavy (non-hydrogen) atoms. The third-order valence-corrected chi connectivity index (χ3v) is 4.37. The number of halogens is 1. The predicted molar refractivity (Wildman–Crippen MR) is 90.3 cm³/mol. The molecule has 0 unspecified atom stereocenters. The first-order valence-corrected chi connectivity index (χ1v) is 7.93. The molecule has 2 N–H and O–H groups in total.